The van der Waals surface area contributed by atoms with Crippen LogP contribution in [0, 0.1) is 0 Å². The summed E-state index contributed by atoms with van der Waals surface area (Å²) >= 11 is 1.82. The predicted molar refractivity (Wildman–Crippen MR) is 94.9 cm³/mol. The van der Waals surface area contributed by atoms with E-state index in [0.29, 0.717) is 6.04 Å². The van der Waals surface area contributed by atoms with Crippen LogP contribution in [0.15, 0.2) is 24.5 Å². The zero-order valence-corrected chi connectivity index (χ0v) is 14.9. The molecule has 0 spiro atoms. The van der Waals surface area contributed by atoms with Gasteiger partial charge in [0.15, 0.2) is 5.82 Å². The number of rotatable bonds is 4. The van der Waals surface area contributed by atoms with Crippen molar-refractivity contribution in [3.8, 4) is 0 Å². The molecule has 2 aromatic rings. The maximum absolute atomic E-state index is 4.56. The normalized spacial score (nSPS) is 19.1. The first-order valence-electron chi connectivity index (χ1n) is 8.23. The van der Waals surface area contributed by atoms with E-state index in [0.717, 1.165) is 25.5 Å². The molecular weight excluding hydrogens is 306 g/mol. The molecule has 124 valence electrons. The molecule has 3 rings (SSSR count). The highest BCUT2D eigenvalue weighted by atomic mass is 32.1. The lowest BCUT2D eigenvalue weighted by molar-refractivity contribution is 0.420. The average Bonchev–Trinajstić information content (AvgIpc) is 3.03. The fraction of sp³-hybridized carbons (Fsp3) is 0.588. The number of hydrogen-bond acceptors (Lipinski definition) is 6. The third-order valence-corrected chi connectivity index (χ3v) is 5.49. The molecule has 1 aliphatic rings. The Morgan fingerprint density at radius 1 is 1.39 bits per heavy atom. The third kappa shape index (κ3) is 4.26. The second kappa shape index (κ2) is 6.93. The molecule has 0 aliphatic carbocycles. The van der Waals surface area contributed by atoms with Crippen LogP contribution in [0.25, 0.3) is 0 Å². The molecule has 2 aromatic heterocycles. The maximum atomic E-state index is 4.56. The van der Waals surface area contributed by atoms with Crippen LogP contribution < -0.4 is 10.2 Å². The van der Waals surface area contributed by atoms with Gasteiger partial charge in [0.1, 0.15) is 0 Å². The highest BCUT2D eigenvalue weighted by molar-refractivity contribution is 7.11. The van der Waals surface area contributed by atoms with Crippen LogP contribution in [0.4, 0.5) is 5.82 Å². The Kier molecular flexibility index (Phi) is 4.92. The maximum Gasteiger partial charge on any atom is 0.151 e. The molecule has 23 heavy (non-hydrogen) atoms. The van der Waals surface area contributed by atoms with Crippen LogP contribution in [0.3, 0.4) is 0 Å². The van der Waals surface area contributed by atoms with Gasteiger partial charge in [0.2, 0.25) is 0 Å². The molecule has 5 nitrogen and oxygen atoms in total. The quantitative estimate of drug-likeness (QED) is 0.933. The smallest absolute Gasteiger partial charge is 0.151 e. The lowest BCUT2D eigenvalue weighted by atomic mass is 9.98. The standard InChI is InChI=1S/C17H25N5S/c1-17(2,3)16-19-11-14(23-16)10-18-13-6-5-9-22(12-13)15-7-4-8-20-21-15/h4,7-8,11,13,18H,5-6,9-10,12H2,1-3H3/t13-/m0/s1. The van der Waals surface area contributed by atoms with Crippen molar-refractivity contribution < 1.29 is 0 Å². The highest BCUT2D eigenvalue weighted by Gasteiger charge is 2.22. The van der Waals surface area contributed by atoms with Gasteiger partial charge in [-0.3, -0.25) is 0 Å². The molecule has 1 N–H and O–H groups in total. The zero-order chi connectivity index (χ0) is 16.3. The lowest BCUT2D eigenvalue weighted by Gasteiger charge is -2.33. The first-order chi connectivity index (χ1) is 11.0. The van der Waals surface area contributed by atoms with Gasteiger partial charge in [0, 0.05) is 48.4 Å². The molecule has 6 heteroatoms. The molecule has 0 saturated carbocycles. The molecule has 1 saturated heterocycles. The van der Waals surface area contributed by atoms with E-state index < -0.39 is 0 Å². The van der Waals surface area contributed by atoms with Crippen molar-refractivity contribution in [2.24, 2.45) is 0 Å². The molecule has 3 heterocycles. The van der Waals surface area contributed by atoms with E-state index >= 15 is 0 Å². The second-order valence-electron chi connectivity index (χ2n) is 7.13. The second-order valence-corrected chi connectivity index (χ2v) is 8.24. The SMILES string of the molecule is CC(C)(C)c1ncc(CN[C@H]2CCCN(c3cccnn3)C2)s1. The Hall–Kier alpha value is -1.53. The van der Waals surface area contributed by atoms with Gasteiger partial charge in [-0.1, -0.05) is 20.8 Å². The monoisotopic (exact) mass is 331 g/mol. The van der Waals surface area contributed by atoms with Gasteiger partial charge in [0.25, 0.3) is 0 Å². The summed E-state index contributed by atoms with van der Waals surface area (Å²) in [5.74, 6) is 0.979. The summed E-state index contributed by atoms with van der Waals surface area (Å²) in [6.45, 7) is 9.58. The predicted octanol–water partition coefficient (Wildman–Crippen LogP) is 2.99. The average molecular weight is 331 g/mol. The summed E-state index contributed by atoms with van der Waals surface area (Å²) in [4.78, 5) is 8.20. The van der Waals surface area contributed by atoms with Crippen molar-refractivity contribution in [3.63, 3.8) is 0 Å². The van der Waals surface area contributed by atoms with E-state index in [9.17, 15) is 0 Å². The van der Waals surface area contributed by atoms with E-state index in [1.807, 2.05) is 29.7 Å². The number of hydrogen-bond donors (Lipinski definition) is 1. The molecule has 1 atom stereocenters. The Morgan fingerprint density at radius 3 is 2.96 bits per heavy atom. The van der Waals surface area contributed by atoms with Gasteiger partial charge in [0.05, 0.1) is 5.01 Å². The molecule has 1 fully saturated rings. The van der Waals surface area contributed by atoms with Crippen LogP contribution >= 0.6 is 11.3 Å². The third-order valence-electron chi connectivity index (χ3n) is 4.06. The molecule has 1 aliphatic heterocycles. The summed E-state index contributed by atoms with van der Waals surface area (Å²) in [7, 11) is 0. The van der Waals surface area contributed by atoms with Crippen LogP contribution in [-0.2, 0) is 12.0 Å². The van der Waals surface area contributed by atoms with Gasteiger partial charge >= 0.3 is 0 Å². The first kappa shape index (κ1) is 16.3. The topological polar surface area (TPSA) is 53.9 Å². The van der Waals surface area contributed by atoms with Crippen LogP contribution in [-0.4, -0.2) is 34.3 Å². The minimum atomic E-state index is 0.135. The highest BCUT2D eigenvalue weighted by Crippen LogP contribution is 2.27. The van der Waals surface area contributed by atoms with Crippen molar-refractivity contribution in [3.05, 3.63) is 34.4 Å². The minimum Gasteiger partial charge on any atom is -0.354 e. The van der Waals surface area contributed by atoms with Crippen LogP contribution in [0.2, 0.25) is 0 Å². The molecule has 0 radical (unpaired) electrons. The van der Waals surface area contributed by atoms with Crippen molar-refractivity contribution >= 4 is 17.2 Å². The van der Waals surface area contributed by atoms with Gasteiger partial charge in [-0.05, 0) is 25.0 Å². The molecular formula is C17H25N5S. The van der Waals surface area contributed by atoms with E-state index in [1.54, 1.807) is 6.20 Å². The van der Waals surface area contributed by atoms with Gasteiger partial charge < -0.3 is 10.2 Å². The zero-order valence-electron chi connectivity index (χ0n) is 14.1. The summed E-state index contributed by atoms with van der Waals surface area (Å²) in [5, 5.41) is 13.1. The molecule has 0 amide bonds. The number of nitrogens with one attached hydrogen (secondary N) is 1. The van der Waals surface area contributed by atoms with Gasteiger partial charge in [-0.2, -0.15) is 5.10 Å². The number of nitrogens with zero attached hydrogens (tertiary/aromatic N) is 4. The van der Waals surface area contributed by atoms with Crippen molar-refractivity contribution in [1.29, 1.82) is 0 Å². The first-order valence-corrected chi connectivity index (χ1v) is 9.05. The summed E-state index contributed by atoms with van der Waals surface area (Å²) in [6.07, 6.45) is 6.13. The van der Waals surface area contributed by atoms with Crippen molar-refractivity contribution in [2.45, 2.75) is 51.6 Å². The number of anilines is 1. The number of piperidine rings is 1. The number of thiazole rings is 1. The number of aromatic nitrogens is 3. The van der Waals surface area contributed by atoms with Gasteiger partial charge in [-0.15, -0.1) is 16.4 Å². The largest absolute Gasteiger partial charge is 0.354 e. The van der Waals surface area contributed by atoms with Crippen molar-refractivity contribution in [2.75, 3.05) is 18.0 Å². The summed E-state index contributed by atoms with van der Waals surface area (Å²) < 4.78 is 0. The van der Waals surface area contributed by atoms with Crippen LogP contribution in [0.5, 0.6) is 0 Å². The van der Waals surface area contributed by atoms with E-state index in [2.05, 4.69) is 46.2 Å². The molecule has 0 bridgehead atoms. The Morgan fingerprint density at radius 2 is 2.26 bits per heavy atom. The van der Waals surface area contributed by atoms with Gasteiger partial charge in [-0.25, -0.2) is 4.98 Å². The summed E-state index contributed by atoms with van der Waals surface area (Å²) in [6, 6.07) is 4.48. The van der Waals surface area contributed by atoms with Crippen molar-refractivity contribution in [1.82, 2.24) is 20.5 Å². The van der Waals surface area contributed by atoms with E-state index in [-0.39, 0.29) is 5.41 Å². The fourth-order valence-electron chi connectivity index (χ4n) is 2.79. The minimum absolute atomic E-state index is 0.135. The Balaban J connectivity index is 1.55. The fourth-order valence-corrected chi connectivity index (χ4v) is 3.72. The molecule has 0 aromatic carbocycles. The van der Waals surface area contributed by atoms with E-state index in [1.165, 1.54) is 22.7 Å². The van der Waals surface area contributed by atoms with E-state index in [4.69, 9.17) is 0 Å². The summed E-state index contributed by atoms with van der Waals surface area (Å²) in [5.41, 5.74) is 0.135. The Labute approximate surface area is 142 Å². The molecule has 0 unspecified atom stereocenters. The lowest BCUT2D eigenvalue weighted by Crippen LogP contribution is -2.45. The Bertz CT molecular complexity index is 619. The van der Waals surface area contributed by atoms with Crippen LogP contribution in [0.1, 0.15) is 43.5 Å².